The molecule has 0 aliphatic heterocycles. The number of fused-ring (bicyclic) bond motifs is 1. The van der Waals surface area contributed by atoms with Crippen LogP contribution in [0.15, 0.2) is 72.5 Å². The predicted octanol–water partition coefficient (Wildman–Crippen LogP) is 4.53. The van der Waals surface area contributed by atoms with E-state index < -0.39 is 6.10 Å². The van der Waals surface area contributed by atoms with Crippen LogP contribution >= 0.6 is 0 Å². The Kier molecular flexibility index (Phi) is 8.34. The molecule has 0 aliphatic rings. The van der Waals surface area contributed by atoms with Crippen molar-refractivity contribution in [2.75, 3.05) is 0 Å². The fourth-order valence-corrected chi connectivity index (χ4v) is 2.12. The van der Waals surface area contributed by atoms with Crippen molar-refractivity contribution >= 4 is 10.9 Å². The maximum Gasteiger partial charge on any atom is 0.0877 e. The molecular weight excluding hydrogens is 478 g/mol. The van der Waals surface area contributed by atoms with Crippen molar-refractivity contribution < 1.29 is 30.3 Å². The third-order valence-electron chi connectivity index (χ3n) is 3.07. The molecule has 3 nitrogen and oxygen atoms in total. The van der Waals surface area contributed by atoms with E-state index in [4.69, 9.17) is 10.2 Å². The molecule has 0 spiro atoms. The summed E-state index contributed by atoms with van der Waals surface area (Å²) in [7, 11) is 0. The Labute approximate surface area is 156 Å². The Morgan fingerprint density at radius 3 is 2.38 bits per heavy atom. The van der Waals surface area contributed by atoms with Crippen molar-refractivity contribution in [1.29, 1.82) is 0 Å². The first-order valence-electron chi connectivity index (χ1n) is 7.44. The molecule has 127 valence electrons. The van der Waals surface area contributed by atoms with Crippen LogP contribution in [0.1, 0.15) is 13.8 Å². The second-order valence-corrected chi connectivity index (χ2v) is 5.21. The molecule has 1 aromatic heterocycles. The molecule has 2 N–H and O–H groups in total. The molecule has 1 heterocycles. The van der Waals surface area contributed by atoms with Crippen molar-refractivity contribution in [2.24, 2.45) is 0 Å². The smallest absolute Gasteiger partial charge is 0.0877 e. The topological polar surface area (TPSA) is 53.4 Å². The number of aromatic nitrogens is 1. The molecule has 1 atom stereocenters. The van der Waals surface area contributed by atoms with Gasteiger partial charge in [-0.25, -0.2) is 0 Å². The third kappa shape index (κ3) is 6.25. The van der Waals surface area contributed by atoms with E-state index in [9.17, 15) is 0 Å². The quantitative estimate of drug-likeness (QED) is 0.403. The zero-order valence-corrected chi connectivity index (χ0v) is 16.0. The van der Waals surface area contributed by atoms with Gasteiger partial charge in [0.25, 0.3) is 0 Å². The number of nitrogens with zero attached hydrogens (tertiary/aromatic N) is 1. The molecule has 0 fully saturated rings. The van der Waals surface area contributed by atoms with E-state index in [0.29, 0.717) is 0 Å². The van der Waals surface area contributed by atoms with Crippen molar-refractivity contribution in [3.63, 3.8) is 0 Å². The van der Waals surface area contributed by atoms with Crippen molar-refractivity contribution in [3.05, 3.63) is 78.6 Å². The van der Waals surface area contributed by atoms with Gasteiger partial charge in [0.05, 0.1) is 17.4 Å². The van der Waals surface area contributed by atoms with Crippen LogP contribution in [0.25, 0.3) is 22.2 Å². The SMILES string of the molecule is CC(O)=CC(C)O.[Ir].[c-]1ccccc1-c1ccc2ccccc2n1. The van der Waals surface area contributed by atoms with Crippen LogP contribution in [-0.2, 0) is 20.1 Å². The monoisotopic (exact) mass is 499 g/mol. The second-order valence-electron chi connectivity index (χ2n) is 5.21. The first kappa shape index (κ1) is 20.0. The summed E-state index contributed by atoms with van der Waals surface area (Å²) in [6.45, 7) is 3.10. The Morgan fingerprint density at radius 2 is 1.79 bits per heavy atom. The van der Waals surface area contributed by atoms with Gasteiger partial charge >= 0.3 is 0 Å². The second kappa shape index (κ2) is 9.99. The molecule has 3 aromatic rings. The van der Waals surface area contributed by atoms with Gasteiger partial charge in [-0.2, -0.15) is 0 Å². The fraction of sp³-hybridized carbons (Fsp3) is 0.150. The average Bonchev–Trinajstić information content (AvgIpc) is 2.54. The maximum atomic E-state index is 8.49. The van der Waals surface area contributed by atoms with Crippen LogP contribution < -0.4 is 0 Å². The fourth-order valence-electron chi connectivity index (χ4n) is 2.12. The Bertz CT molecular complexity index is 782. The van der Waals surface area contributed by atoms with Crippen molar-refractivity contribution in [3.8, 4) is 11.3 Å². The number of allylic oxidation sites excluding steroid dienone is 1. The first-order valence-corrected chi connectivity index (χ1v) is 7.44. The van der Waals surface area contributed by atoms with Gasteiger partial charge in [-0.3, -0.25) is 4.98 Å². The van der Waals surface area contributed by atoms with Gasteiger partial charge in [-0.05, 0) is 37.1 Å². The summed E-state index contributed by atoms with van der Waals surface area (Å²) in [4.78, 5) is 4.61. The molecule has 3 rings (SSSR count). The number of hydrogen-bond acceptors (Lipinski definition) is 3. The summed E-state index contributed by atoms with van der Waals surface area (Å²) in [5.74, 6) is 0.162. The van der Waals surface area contributed by atoms with Crippen LogP contribution in [0.4, 0.5) is 0 Å². The van der Waals surface area contributed by atoms with E-state index in [1.54, 1.807) is 6.92 Å². The standard InChI is InChI=1S/C15H10N.C5H10O2.Ir/c1-2-6-12(7-3-1)15-11-10-13-8-4-5-9-14(13)16-15;1-4(6)3-5(2)7;/h1-6,8-11H;3-4,6-7H,1-2H3;/q-1;;. The number of pyridine rings is 1. The van der Waals surface area contributed by atoms with Crippen LogP contribution in [-0.4, -0.2) is 21.3 Å². The Morgan fingerprint density at radius 1 is 1.08 bits per heavy atom. The van der Waals surface area contributed by atoms with E-state index in [1.807, 2.05) is 48.5 Å². The van der Waals surface area contributed by atoms with Gasteiger partial charge in [0.1, 0.15) is 0 Å². The molecule has 0 saturated heterocycles. The minimum atomic E-state index is -0.537. The van der Waals surface area contributed by atoms with Crippen LogP contribution in [0.3, 0.4) is 0 Å². The molecule has 2 aromatic carbocycles. The van der Waals surface area contributed by atoms with Crippen LogP contribution in [0.2, 0.25) is 0 Å². The van der Waals surface area contributed by atoms with E-state index in [1.165, 1.54) is 18.4 Å². The molecular formula is C20H20IrNO2-. The summed E-state index contributed by atoms with van der Waals surface area (Å²) >= 11 is 0. The van der Waals surface area contributed by atoms with Gasteiger partial charge < -0.3 is 10.2 Å². The number of rotatable bonds is 2. The minimum Gasteiger partial charge on any atom is -0.513 e. The van der Waals surface area contributed by atoms with Crippen LogP contribution in [0, 0.1) is 6.07 Å². The van der Waals surface area contributed by atoms with E-state index >= 15 is 0 Å². The van der Waals surface area contributed by atoms with Crippen molar-refractivity contribution in [2.45, 2.75) is 20.0 Å². The van der Waals surface area contributed by atoms with Gasteiger partial charge in [-0.1, -0.05) is 30.3 Å². The largest absolute Gasteiger partial charge is 0.513 e. The maximum absolute atomic E-state index is 8.49. The van der Waals surface area contributed by atoms with Gasteiger partial charge in [-0.15, -0.1) is 35.9 Å². The Balaban J connectivity index is 0.000000312. The number of benzene rings is 2. The van der Waals surface area contributed by atoms with Gasteiger partial charge in [0.15, 0.2) is 0 Å². The predicted molar refractivity (Wildman–Crippen MR) is 94.1 cm³/mol. The zero-order chi connectivity index (χ0) is 16.7. The number of aliphatic hydroxyl groups is 2. The molecule has 0 aliphatic carbocycles. The van der Waals surface area contributed by atoms with Gasteiger partial charge in [0.2, 0.25) is 0 Å². The molecule has 4 heteroatoms. The van der Waals surface area contributed by atoms with E-state index in [-0.39, 0.29) is 25.9 Å². The van der Waals surface area contributed by atoms with Crippen molar-refractivity contribution in [1.82, 2.24) is 4.98 Å². The summed E-state index contributed by atoms with van der Waals surface area (Å²) in [6, 6.07) is 23.4. The Hall–Kier alpha value is -2.00. The number of hydrogen-bond donors (Lipinski definition) is 2. The van der Waals surface area contributed by atoms with Crippen LogP contribution in [0.5, 0.6) is 0 Å². The summed E-state index contributed by atoms with van der Waals surface area (Å²) < 4.78 is 0. The normalized spacial score (nSPS) is 11.9. The molecule has 24 heavy (non-hydrogen) atoms. The third-order valence-corrected chi connectivity index (χ3v) is 3.07. The molecule has 1 radical (unpaired) electrons. The summed E-state index contributed by atoms with van der Waals surface area (Å²) in [5.41, 5.74) is 3.03. The zero-order valence-electron chi connectivity index (χ0n) is 13.6. The average molecular weight is 499 g/mol. The summed E-state index contributed by atoms with van der Waals surface area (Å²) in [6.07, 6.45) is 0.824. The molecule has 1 unspecified atom stereocenters. The van der Waals surface area contributed by atoms with E-state index in [2.05, 4.69) is 23.2 Å². The van der Waals surface area contributed by atoms with E-state index in [0.717, 1.165) is 16.8 Å². The summed E-state index contributed by atoms with van der Waals surface area (Å²) in [5, 5.41) is 18.1. The minimum absolute atomic E-state index is 0. The molecule has 0 saturated carbocycles. The first-order chi connectivity index (χ1) is 11.1. The number of para-hydroxylation sites is 1. The molecule has 0 amide bonds. The van der Waals surface area contributed by atoms with Gasteiger partial charge in [0, 0.05) is 20.1 Å². The molecule has 0 bridgehead atoms. The number of aliphatic hydroxyl groups excluding tert-OH is 2.